The zero-order valence-corrected chi connectivity index (χ0v) is 31.2. The highest BCUT2D eigenvalue weighted by Gasteiger charge is 2.37. The molecule has 6 aromatic carbocycles. The van der Waals surface area contributed by atoms with Crippen LogP contribution in [-0.2, 0) is 5.41 Å². The topological polar surface area (TPSA) is 16.4 Å². The molecule has 0 unspecified atom stereocenters. The van der Waals surface area contributed by atoms with Crippen LogP contribution in [0.15, 0.2) is 132 Å². The quantitative estimate of drug-likeness (QED) is 0.173. The summed E-state index contributed by atoms with van der Waals surface area (Å²) in [5, 5.41) is 2.29. The summed E-state index contributed by atoms with van der Waals surface area (Å²) in [6, 6.07) is 48.1. The largest absolute Gasteiger partial charge is 0.454 e. The molecule has 2 nitrogen and oxygen atoms in total. The van der Waals surface area contributed by atoms with Crippen LogP contribution in [0.5, 0.6) is 0 Å². The summed E-state index contributed by atoms with van der Waals surface area (Å²) in [5.41, 5.74) is 16.2. The minimum absolute atomic E-state index is 0.101. The Bertz CT molecular complexity index is 2430. The normalized spacial score (nSPS) is 17.2. The fourth-order valence-corrected chi connectivity index (χ4v) is 10.1. The molecule has 1 heterocycles. The Morgan fingerprint density at radius 3 is 1.79 bits per heavy atom. The molecular weight excluding hydrogens is 643 g/mol. The Labute approximate surface area is 314 Å². The third-order valence-corrected chi connectivity index (χ3v) is 13.1. The van der Waals surface area contributed by atoms with Crippen molar-refractivity contribution in [2.45, 2.75) is 95.3 Å². The van der Waals surface area contributed by atoms with Crippen molar-refractivity contribution in [1.82, 2.24) is 0 Å². The molecule has 0 atom stereocenters. The molecular formula is C51H49NO. The summed E-state index contributed by atoms with van der Waals surface area (Å²) in [5.74, 6) is 1.42. The monoisotopic (exact) mass is 691 g/mol. The van der Waals surface area contributed by atoms with Crippen molar-refractivity contribution in [2.75, 3.05) is 4.90 Å². The molecule has 0 aliphatic heterocycles. The summed E-state index contributed by atoms with van der Waals surface area (Å²) in [6.07, 6.45) is 13.5. The zero-order valence-electron chi connectivity index (χ0n) is 31.2. The van der Waals surface area contributed by atoms with Gasteiger partial charge in [0.25, 0.3) is 0 Å². The number of para-hydroxylation sites is 2. The number of rotatable bonds is 6. The van der Waals surface area contributed by atoms with Crippen LogP contribution in [0.25, 0.3) is 44.2 Å². The summed E-state index contributed by atoms with van der Waals surface area (Å²) in [4.78, 5) is 2.41. The van der Waals surface area contributed by atoms with Gasteiger partial charge in [-0.05, 0) is 118 Å². The number of nitrogens with zero attached hydrogens (tertiary/aromatic N) is 1. The van der Waals surface area contributed by atoms with Gasteiger partial charge in [-0.25, -0.2) is 0 Å². The molecule has 0 amide bonds. The van der Waals surface area contributed by atoms with Gasteiger partial charge in [-0.15, -0.1) is 0 Å². The van der Waals surface area contributed by atoms with Crippen LogP contribution in [0.1, 0.15) is 112 Å². The molecule has 0 spiro atoms. The van der Waals surface area contributed by atoms with Crippen LogP contribution in [0.3, 0.4) is 0 Å². The Hall–Kier alpha value is -5.08. The molecule has 0 N–H and O–H groups in total. The molecule has 3 aliphatic carbocycles. The molecule has 0 bridgehead atoms. The van der Waals surface area contributed by atoms with E-state index in [9.17, 15) is 0 Å². The van der Waals surface area contributed by atoms with Gasteiger partial charge in [0.1, 0.15) is 5.58 Å². The van der Waals surface area contributed by atoms with Crippen molar-refractivity contribution >= 4 is 39.0 Å². The molecule has 2 fully saturated rings. The first kappa shape index (κ1) is 32.6. The minimum Gasteiger partial charge on any atom is -0.454 e. The van der Waals surface area contributed by atoms with Gasteiger partial charge < -0.3 is 9.32 Å². The van der Waals surface area contributed by atoms with E-state index in [1.54, 1.807) is 0 Å². The van der Waals surface area contributed by atoms with Crippen LogP contribution in [-0.4, -0.2) is 0 Å². The first-order valence-corrected chi connectivity index (χ1v) is 20.2. The van der Waals surface area contributed by atoms with E-state index in [0.29, 0.717) is 5.92 Å². The first-order chi connectivity index (χ1) is 26.0. The van der Waals surface area contributed by atoms with E-state index in [0.717, 1.165) is 44.9 Å². The Balaban J connectivity index is 1.06. The minimum atomic E-state index is -0.101. The molecule has 1 aromatic heterocycles. The Morgan fingerprint density at radius 1 is 0.509 bits per heavy atom. The van der Waals surface area contributed by atoms with Gasteiger partial charge in [-0.1, -0.05) is 143 Å². The van der Waals surface area contributed by atoms with Crippen molar-refractivity contribution in [1.29, 1.82) is 0 Å². The van der Waals surface area contributed by atoms with Crippen LogP contribution in [0.4, 0.5) is 17.1 Å². The van der Waals surface area contributed by atoms with E-state index >= 15 is 0 Å². The molecule has 0 radical (unpaired) electrons. The van der Waals surface area contributed by atoms with Crippen molar-refractivity contribution in [3.8, 4) is 22.3 Å². The van der Waals surface area contributed by atoms with Crippen LogP contribution in [0, 0.1) is 0 Å². The number of benzene rings is 6. The second kappa shape index (κ2) is 13.1. The SMILES string of the molecule is CC1(C)c2cc(C3CCCCC3)ccc2-c2ccc(N(c3ccc(-c4ccc(C5CCCCC5)cc4)cc3)c3cccc4c3oc3ccccc34)cc21. The lowest BCUT2D eigenvalue weighted by atomic mass is 9.79. The highest BCUT2D eigenvalue weighted by molar-refractivity contribution is 6.10. The second-order valence-corrected chi connectivity index (χ2v) is 16.6. The smallest absolute Gasteiger partial charge is 0.159 e. The lowest BCUT2D eigenvalue weighted by Gasteiger charge is -2.28. The lowest BCUT2D eigenvalue weighted by Crippen LogP contribution is -2.17. The van der Waals surface area contributed by atoms with E-state index < -0.39 is 0 Å². The predicted octanol–water partition coefficient (Wildman–Crippen LogP) is 15.1. The van der Waals surface area contributed by atoms with Crippen LogP contribution < -0.4 is 4.90 Å². The standard InChI is InChI=1S/C51H49NO/c1-51(2)46-32-39(35-14-7-4-8-15-35)26-30-42(46)43-31-29-41(33-47(43)51)52(48-18-11-17-45-44-16-9-10-19-49(44)53-50(45)48)40-27-24-38(25-28-40)37-22-20-36(21-23-37)34-12-5-3-6-13-34/h9-11,16-35H,3-8,12-15H2,1-2H3. The van der Waals surface area contributed by atoms with Gasteiger partial charge in [0.2, 0.25) is 0 Å². The number of furan rings is 1. The van der Waals surface area contributed by atoms with Crippen molar-refractivity contribution < 1.29 is 4.42 Å². The van der Waals surface area contributed by atoms with E-state index in [1.165, 1.54) is 109 Å². The van der Waals surface area contributed by atoms with Crippen molar-refractivity contribution in [2.24, 2.45) is 0 Å². The van der Waals surface area contributed by atoms with Gasteiger partial charge in [-0.2, -0.15) is 0 Å². The Morgan fingerprint density at radius 2 is 1.08 bits per heavy atom. The molecule has 10 rings (SSSR count). The maximum Gasteiger partial charge on any atom is 0.159 e. The number of hydrogen-bond acceptors (Lipinski definition) is 2. The third-order valence-electron chi connectivity index (χ3n) is 13.1. The van der Waals surface area contributed by atoms with Gasteiger partial charge in [-0.3, -0.25) is 0 Å². The zero-order chi connectivity index (χ0) is 35.5. The highest BCUT2D eigenvalue weighted by Crippen LogP contribution is 2.52. The maximum atomic E-state index is 6.68. The van der Waals surface area contributed by atoms with E-state index in [1.807, 2.05) is 0 Å². The third kappa shape index (κ3) is 5.61. The lowest BCUT2D eigenvalue weighted by molar-refractivity contribution is 0.443. The van der Waals surface area contributed by atoms with E-state index in [2.05, 4.69) is 146 Å². The number of fused-ring (bicyclic) bond motifs is 6. The van der Waals surface area contributed by atoms with Gasteiger partial charge in [0, 0.05) is 27.6 Å². The van der Waals surface area contributed by atoms with Crippen molar-refractivity contribution in [3.63, 3.8) is 0 Å². The maximum absolute atomic E-state index is 6.68. The fraction of sp³-hybridized carbons (Fsp3) is 0.294. The number of anilines is 3. The van der Waals surface area contributed by atoms with Gasteiger partial charge in [0.15, 0.2) is 5.58 Å². The second-order valence-electron chi connectivity index (χ2n) is 16.6. The highest BCUT2D eigenvalue weighted by atomic mass is 16.3. The summed E-state index contributed by atoms with van der Waals surface area (Å²) in [6.45, 7) is 4.84. The molecule has 7 aromatic rings. The predicted molar refractivity (Wildman–Crippen MR) is 223 cm³/mol. The molecule has 53 heavy (non-hydrogen) atoms. The Kier molecular flexibility index (Phi) is 8.05. The first-order valence-electron chi connectivity index (χ1n) is 20.2. The van der Waals surface area contributed by atoms with Gasteiger partial charge in [0.05, 0.1) is 5.69 Å². The van der Waals surface area contributed by atoms with Crippen LogP contribution >= 0.6 is 0 Å². The molecule has 264 valence electrons. The van der Waals surface area contributed by atoms with Crippen LogP contribution in [0.2, 0.25) is 0 Å². The fourth-order valence-electron chi connectivity index (χ4n) is 10.1. The molecule has 2 saturated carbocycles. The van der Waals surface area contributed by atoms with Gasteiger partial charge >= 0.3 is 0 Å². The summed E-state index contributed by atoms with van der Waals surface area (Å²) in [7, 11) is 0. The molecule has 2 heteroatoms. The van der Waals surface area contributed by atoms with E-state index in [4.69, 9.17) is 4.42 Å². The summed E-state index contributed by atoms with van der Waals surface area (Å²) < 4.78 is 6.68. The van der Waals surface area contributed by atoms with Crippen molar-refractivity contribution in [3.05, 3.63) is 150 Å². The number of hydrogen-bond donors (Lipinski definition) is 0. The average molecular weight is 692 g/mol. The van der Waals surface area contributed by atoms with E-state index in [-0.39, 0.29) is 5.41 Å². The molecule has 0 saturated heterocycles. The summed E-state index contributed by atoms with van der Waals surface area (Å²) >= 11 is 0. The average Bonchev–Trinajstić information content (AvgIpc) is 3.71. The molecule has 3 aliphatic rings.